The van der Waals surface area contributed by atoms with Crippen molar-refractivity contribution in [2.45, 2.75) is 12.5 Å². The van der Waals surface area contributed by atoms with Crippen molar-refractivity contribution < 1.29 is 9.59 Å². The van der Waals surface area contributed by atoms with E-state index in [-0.39, 0.29) is 5.91 Å². The molecule has 4 heteroatoms. The number of rotatable bonds is 6. The molecule has 2 rings (SSSR count). The zero-order valence-corrected chi connectivity index (χ0v) is 11.0. The van der Waals surface area contributed by atoms with E-state index in [1.807, 2.05) is 48.5 Å². The van der Waals surface area contributed by atoms with Gasteiger partial charge in [0, 0.05) is 12.1 Å². The Morgan fingerprint density at radius 3 is 2.20 bits per heavy atom. The van der Waals surface area contributed by atoms with Crippen LogP contribution >= 0.6 is 0 Å². The largest absolute Gasteiger partial charge is 0.347 e. The van der Waals surface area contributed by atoms with Crippen molar-refractivity contribution in [3.63, 3.8) is 0 Å². The van der Waals surface area contributed by atoms with Gasteiger partial charge in [-0.1, -0.05) is 48.5 Å². The summed E-state index contributed by atoms with van der Waals surface area (Å²) in [5.41, 5.74) is 1.71. The number of carbonyl (C=O) groups excluding carboxylic acids is 2. The smallest absolute Gasteiger partial charge is 0.247 e. The monoisotopic (exact) mass is 268 g/mol. The molecule has 0 heterocycles. The molecule has 2 aromatic rings. The highest BCUT2D eigenvalue weighted by molar-refractivity contribution is 5.95. The predicted octanol–water partition coefficient (Wildman–Crippen LogP) is 1.98. The molecule has 0 aromatic heterocycles. The first-order valence-corrected chi connectivity index (χ1v) is 6.39. The average Bonchev–Trinajstić information content (AvgIpc) is 2.49. The maximum absolute atomic E-state index is 12.2. The molecule has 0 saturated heterocycles. The van der Waals surface area contributed by atoms with Crippen LogP contribution in [0.25, 0.3) is 0 Å². The molecule has 4 nitrogen and oxygen atoms in total. The number of hydrogen-bond acceptors (Lipinski definition) is 2. The Kier molecular flexibility index (Phi) is 4.89. The van der Waals surface area contributed by atoms with Crippen molar-refractivity contribution in [3.05, 3.63) is 66.2 Å². The molecule has 0 radical (unpaired) electrons. The van der Waals surface area contributed by atoms with Crippen LogP contribution in [-0.2, 0) is 16.0 Å². The fourth-order valence-corrected chi connectivity index (χ4v) is 1.91. The SMILES string of the molecule is O=CN[C@H](Cc1ccccc1)C(=O)Nc1ccccc1. The Hall–Kier alpha value is -2.62. The summed E-state index contributed by atoms with van der Waals surface area (Å²) in [6.07, 6.45) is 1.01. The molecule has 0 fully saturated rings. The molecular formula is C16H16N2O2. The van der Waals surface area contributed by atoms with E-state index in [9.17, 15) is 9.59 Å². The second-order valence-corrected chi connectivity index (χ2v) is 4.38. The van der Waals surface area contributed by atoms with Gasteiger partial charge in [-0.25, -0.2) is 0 Å². The maximum atomic E-state index is 12.2. The van der Waals surface area contributed by atoms with Crippen molar-refractivity contribution in [3.8, 4) is 0 Å². The second kappa shape index (κ2) is 7.09. The summed E-state index contributed by atoms with van der Waals surface area (Å²) >= 11 is 0. The van der Waals surface area contributed by atoms with Gasteiger partial charge in [0.2, 0.25) is 12.3 Å². The first kappa shape index (κ1) is 13.8. The van der Waals surface area contributed by atoms with Crippen molar-refractivity contribution in [2.24, 2.45) is 0 Å². The Morgan fingerprint density at radius 1 is 1.00 bits per heavy atom. The molecule has 0 aliphatic rings. The van der Waals surface area contributed by atoms with Crippen LogP contribution in [-0.4, -0.2) is 18.4 Å². The topological polar surface area (TPSA) is 58.2 Å². The van der Waals surface area contributed by atoms with Crippen LogP contribution in [0.4, 0.5) is 5.69 Å². The van der Waals surface area contributed by atoms with Gasteiger partial charge >= 0.3 is 0 Å². The normalized spacial score (nSPS) is 11.4. The summed E-state index contributed by atoms with van der Waals surface area (Å²) in [5, 5.41) is 5.35. The number of para-hydroxylation sites is 1. The third-order valence-electron chi connectivity index (χ3n) is 2.91. The van der Waals surface area contributed by atoms with Gasteiger partial charge in [-0.15, -0.1) is 0 Å². The number of amides is 2. The fraction of sp³-hybridized carbons (Fsp3) is 0.125. The maximum Gasteiger partial charge on any atom is 0.247 e. The van der Waals surface area contributed by atoms with E-state index in [1.54, 1.807) is 12.1 Å². The molecule has 0 saturated carbocycles. The lowest BCUT2D eigenvalue weighted by atomic mass is 10.1. The Labute approximate surface area is 117 Å². The van der Waals surface area contributed by atoms with Crippen LogP contribution in [0.1, 0.15) is 5.56 Å². The zero-order chi connectivity index (χ0) is 14.2. The molecule has 102 valence electrons. The Balaban J connectivity index is 2.04. The van der Waals surface area contributed by atoms with Crippen LogP contribution in [0.2, 0.25) is 0 Å². The van der Waals surface area contributed by atoms with Gasteiger partial charge in [0.25, 0.3) is 0 Å². The lowest BCUT2D eigenvalue weighted by Gasteiger charge is -2.16. The number of benzene rings is 2. The molecule has 2 aromatic carbocycles. The van der Waals surface area contributed by atoms with E-state index in [4.69, 9.17) is 0 Å². The van der Waals surface area contributed by atoms with Gasteiger partial charge in [-0.2, -0.15) is 0 Å². The van der Waals surface area contributed by atoms with E-state index < -0.39 is 6.04 Å². The lowest BCUT2D eigenvalue weighted by molar-refractivity contribution is -0.121. The van der Waals surface area contributed by atoms with Crippen molar-refractivity contribution >= 4 is 18.0 Å². The fourth-order valence-electron chi connectivity index (χ4n) is 1.91. The summed E-state index contributed by atoms with van der Waals surface area (Å²) in [5.74, 6) is -0.229. The Bertz CT molecular complexity index is 555. The number of anilines is 1. The molecule has 0 aliphatic carbocycles. The summed E-state index contributed by atoms with van der Waals surface area (Å²) in [7, 11) is 0. The first-order chi connectivity index (χ1) is 9.79. The van der Waals surface area contributed by atoms with E-state index in [2.05, 4.69) is 10.6 Å². The standard InChI is InChI=1S/C16H16N2O2/c19-12-17-15(11-13-7-3-1-4-8-13)16(20)18-14-9-5-2-6-10-14/h1-10,12,15H,11H2,(H,17,19)(H,18,20)/t15-/m1/s1. The molecule has 0 bridgehead atoms. The summed E-state index contributed by atoms with van der Waals surface area (Å²) in [6.45, 7) is 0. The van der Waals surface area contributed by atoms with Crippen molar-refractivity contribution in [2.75, 3.05) is 5.32 Å². The molecule has 2 N–H and O–H groups in total. The molecule has 0 unspecified atom stereocenters. The van der Waals surface area contributed by atoms with E-state index in [0.29, 0.717) is 18.5 Å². The minimum atomic E-state index is -0.588. The van der Waals surface area contributed by atoms with E-state index in [0.717, 1.165) is 5.56 Å². The lowest BCUT2D eigenvalue weighted by Crippen LogP contribution is -2.41. The van der Waals surface area contributed by atoms with Crippen LogP contribution in [0.3, 0.4) is 0 Å². The zero-order valence-electron chi connectivity index (χ0n) is 11.0. The highest BCUT2D eigenvalue weighted by atomic mass is 16.2. The van der Waals surface area contributed by atoms with Crippen molar-refractivity contribution in [1.29, 1.82) is 0 Å². The summed E-state index contributed by atoms with van der Waals surface area (Å²) in [6, 6.07) is 18.2. The molecule has 2 amide bonds. The van der Waals surface area contributed by atoms with E-state index >= 15 is 0 Å². The Morgan fingerprint density at radius 2 is 1.60 bits per heavy atom. The minimum Gasteiger partial charge on any atom is -0.347 e. The van der Waals surface area contributed by atoms with Gasteiger partial charge in [-0.3, -0.25) is 9.59 Å². The second-order valence-electron chi connectivity index (χ2n) is 4.38. The quantitative estimate of drug-likeness (QED) is 0.787. The third kappa shape index (κ3) is 3.95. The van der Waals surface area contributed by atoms with E-state index in [1.165, 1.54) is 0 Å². The highest BCUT2D eigenvalue weighted by Gasteiger charge is 2.18. The van der Waals surface area contributed by atoms with Crippen molar-refractivity contribution in [1.82, 2.24) is 5.32 Å². The van der Waals surface area contributed by atoms with Crippen LogP contribution in [0, 0.1) is 0 Å². The number of hydrogen-bond donors (Lipinski definition) is 2. The minimum absolute atomic E-state index is 0.229. The van der Waals surface area contributed by atoms with Crippen LogP contribution < -0.4 is 10.6 Å². The highest BCUT2D eigenvalue weighted by Crippen LogP contribution is 2.08. The summed E-state index contributed by atoms with van der Waals surface area (Å²) < 4.78 is 0. The predicted molar refractivity (Wildman–Crippen MR) is 78.2 cm³/mol. The summed E-state index contributed by atoms with van der Waals surface area (Å²) in [4.78, 5) is 22.8. The molecule has 0 spiro atoms. The molecule has 0 aliphatic heterocycles. The molecule has 1 atom stereocenters. The van der Waals surface area contributed by atoms with Crippen LogP contribution in [0.5, 0.6) is 0 Å². The number of nitrogens with one attached hydrogen (secondary N) is 2. The molecular weight excluding hydrogens is 252 g/mol. The molecule has 20 heavy (non-hydrogen) atoms. The van der Waals surface area contributed by atoms with Crippen LogP contribution in [0.15, 0.2) is 60.7 Å². The number of carbonyl (C=O) groups is 2. The first-order valence-electron chi connectivity index (χ1n) is 6.39. The van der Waals surface area contributed by atoms with Gasteiger partial charge in [0.1, 0.15) is 6.04 Å². The van der Waals surface area contributed by atoms with Gasteiger partial charge in [0.15, 0.2) is 0 Å². The van der Waals surface area contributed by atoms with Gasteiger partial charge < -0.3 is 10.6 Å². The average molecular weight is 268 g/mol. The third-order valence-corrected chi connectivity index (χ3v) is 2.91. The van der Waals surface area contributed by atoms with Gasteiger partial charge in [-0.05, 0) is 17.7 Å². The van der Waals surface area contributed by atoms with Gasteiger partial charge in [0.05, 0.1) is 0 Å².